The fourth-order valence-electron chi connectivity index (χ4n) is 2.58. The van der Waals surface area contributed by atoms with Crippen LogP contribution < -0.4 is 0 Å². The summed E-state index contributed by atoms with van der Waals surface area (Å²) in [6.45, 7) is 1.73. The zero-order valence-electron chi connectivity index (χ0n) is 14.6. The summed E-state index contributed by atoms with van der Waals surface area (Å²) in [5, 5.41) is 0. The smallest absolute Gasteiger partial charge is 0.300 e. The van der Waals surface area contributed by atoms with Crippen molar-refractivity contribution < 1.29 is 21.9 Å². The van der Waals surface area contributed by atoms with Crippen molar-refractivity contribution in [3.05, 3.63) is 0 Å². The fraction of sp³-hybridized carbons (Fsp3) is 0.941. The monoisotopic (exact) mass is 350 g/mol. The van der Waals surface area contributed by atoms with E-state index in [1.54, 1.807) is 6.92 Å². The number of unbranched alkanes of at least 4 members (excludes halogenated alkanes) is 12. The van der Waals surface area contributed by atoms with Crippen molar-refractivity contribution in [2.45, 2.75) is 96.8 Å². The van der Waals surface area contributed by atoms with Gasteiger partial charge in [-0.25, -0.2) is 4.18 Å². The van der Waals surface area contributed by atoms with Gasteiger partial charge in [0.05, 0.1) is 6.61 Å². The summed E-state index contributed by atoms with van der Waals surface area (Å²) in [6.07, 6.45) is 15.8. The lowest BCUT2D eigenvalue weighted by molar-refractivity contribution is -0.117. The topological polar surface area (TPSA) is 80.7 Å². The van der Waals surface area contributed by atoms with E-state index < -0.39 is 10.4 Å². The molecule has 0 amide bonds. The zero-order chi connectivity index (χ0) is 17.4. The molecule has 0 atom stereocenters. The van der Waals surface area contributed by atoms with Gasteiger partial charge in [0.1, 0.15) is 5.78 Å². The maximum absolute atomic E-state index is 10.8. The van der Waals surface area contributed by atoms with Crippen molar-refractivity contribution in [1.29, 1.82) is 0 Å². The molecule has 0 fully saturated rings. The van der Waals surface area contributed by atoms with Gasteiger partial charge in [-0.15, -0.1) is 0 Å². The molecule has 23 heavy (non-hydrogen) atoms. The Kier molecular flexibility index (Phi) is 14.8. The summed E-state index contributed by atoms with van der Waals surface area (Å²) >= 11 is 0. The van der Waals surface area contributed by atoms with Crippen LogP contribution in [0, 0.1) is 0 Å². The van der Waals surface area contributed by atoms with Crippen LogP contribution in [-0.4, -0.2) is 25.4 Å². The van der Waals surface area contributed by atoms with Crippen LogP contribution in [0.25, 0.3) is 0 Å². The van der Waals surface area contributed by atoms with Gasteiger partial charge < -0.3 is 4.79 Å². The number of ketones is 1. The fourth-order valence-corrected chi connectivity index (χ4v) is 2.91. The minimum absolute atomic E-state index is 0.0747. The lowest BCUT2D eigenvalue weighted by Crippen LogP contribution is -2.04. The second kappa shape index (κ2) is 15.1. The zero-order valence-corrected chi connectivity index (χ0v) is 15.4. The first-order valence-corrected chi connectivity index (χ1v) is 10.4. The lowest BCUT2D eigenvalue weighted by Gasteiger charge is -2.03. The van der Waals surface area contributed by atoms with E-state index in [-0.39, 0.29) is 6.61 Å². The quantitative estimate of drug-likeness (QED) is 0.299. The van der Waals surface area contributed by atoms with E-state index in [2.05, 4.69) is 4.18 Å². The maximum atomic E-state index is 10.8. The van der Waals surface area contributed by atoms with E-state index in [0.717, 1.165) is 25.7 Å². The highest BCUT2D eigenvalue weighted by molar-refractivity contribution is 7.80. The molecule has 5 nitrogen and oxygen atoms in total. The molecule has 0 saturated heterocycles. The third-order valence-corrected chi connectivity index (χ3v) is 4.37. The highest BCUT2D eigenvalue weighted by Gasteiger charge is 2.02. The van der Waals surface area contributed by atoms with Crippen LogP contribution in [0.4, 0.5) is 0 Å². The maximum Gasteiger partial charge on any atom is 0.397 e. The minimum atomic E-state index is -4.26. The van der Waals surface area contributed by atoms with Crippen LogP contribution in [0.15, 0.2) is 0 Å². The number of Topliss-reactive ketones (excluding diaryl/α,β-unsaturated/α-hetero) is 1. The van der Waals surface area contributed by atoms with Gasteiger partial charge in [-0.3, -0.25) is 4.55 Å². The highest BCUT2D eigenvalue weighted by Crippen LogP contribution is 2.13. The minimum Gasteiger partial charge on any atom is -0.300 e. The second-order valence-corrected chi connectivity index (χ2v) is 7.39. The van der Waals surface area contributed by atoms with E-state index in [1.165, 1.54) is 57.8 Å². The number of carbonyl (C=O) groups is 1. The number of carbonyl (C=O) groups excluding carboxylic acids is 1. The van der Waals surface area contributed by atoms with Crippen LogP contribution in [0.2, 0.25) is 0 Å². The normalized spacial score (nSPS) is 11.7. The molecule has 138 valence electrons. The van der Waals surface area contributed by atoms with E-state index >= 15 is 0 Å². The standard InChI is InChI=1S/C17H34O5S/c1-17(18)15-13-11-9-7-5-3-2-4-6-8-10-12-14-16-22-23(19,20)21/h2-16H2,1H3,(H,19,20,21). The van der Waals surface area contributed by atoms with E-state index in [0.29, 0.717) is 12.2 Å². The largest absolute Gasteiger partial charge is 0.397 e. The first-order valence-electron chi connectivity index (χ1n) is 9.03. The van der Waals surface area contributed by atoms with E-state index in [9.17, 15) is 13.2 Å². The molecule has 0 aromatic heterocycles. The number of hydrogen-bond acceptors (Lipinski definition) is 4. The van der Waals surface area contributed by atoms with Gasteiger partial charge in [-0.2, -0.15) is 8.42 Å². The predicted molar refractivity (Wildman–Crippen MR) is 92.8 cm³/mol. The number of hydrogen-bond donors (Lipinski definition) is 1. The van der Waals surface area contributed by atoms with Crippen molar-refractivity contribution in [2.75, 3.05) is 6.61 Å². The Labute approximate surface area is 142 Å². The van der Waals surface area contributed by atoms with Crippen LogP contribution in [0.3, 0.4) is 0 Å². The van der Waals surface area contributed by atoms with Crippen molar-refractivity contribution >= 4 is 16.2 Å². The molecule has 0 rings (SSSR count). The van der Waals surface area contributed by atoms with Gasteiger partial charge >= 0.3 is 10.4 Å². The lowest BCUT2D eigenvalue weighted by atomic mass is 10.0. The Hall–Kier alpha value is -0.460. The molecule has 6 heteroatoms. The highest BCUT2D eigenvalue weighted by atomic mass is 32.3. The van der Waals surface area contributed by atoms with Crippen molar-refractivity contribution in [3.63, 3.8) is 0 Å². The van der Waals surface area contributed by atoms with Crippen molar-refractivity contribution in [3.8, 4) is 0 Å². The first-order chi connectivity index (χ1) is 10.9. The van der Waals surface area contributed by atoms with Crippen molar-refractivity contribution in [2.24, 2.45) is 0 Å². The molecule has 0 saturated carbocycles. The number of rotatable bonds is 17. The van der Waals surface area contributed by atoms with Gasteiger partial charge in [-0.05, 0) is 19.8 Å². The molecule has 1 N–H and O–H groups in total. The molecule has 0 aliphatic rings. The molecule has 0 unspecified atom stereocenters. The molecule has 0 heterocycles. The predicted octanol–water partition coefficient (Wildman–Crippen LogP) is 4.86. The summed E-state index contributed by atoms with van der Waals surface area (Å²) in [7, 11) is -4.26. The molecule has 0 aromatic rings. The van der Waals surface area contributed by atoms with Crippen molar-refractivity contribution in [1.82, 2.24) is 0 Å². The van der Waals surface area contributed by atoms with Crippen LogP contribution in [0.1, 0.15) is 96.8 Å². The average Bonchev–Trinajstić information content (AvgIpc) is 2.45. The third kappa shape index (κ3) is 21.5. The molecular formula is C17H34O5S. The molecule has 0 spiro atoms. The van der Waals surface area contributed by atoms with Gasteiger partial charge in [0.15, 0.2) is 0 Å². The van der Waals surface area contributed by atoms with Gasteiger partial charge in [0.25, 0.3) is 0 Å². The van der Waals surface area contributed by atoms with E-state index in [1.807, 2.05) is 0 Å². The molecule has 0 radical (unpaired) electrons. The SMILES string of the molecule is CC(=O)CCCCCCCCCCCCCCCOS(=O)(=O)O. The van der Waals surface area contributed by atoms with Crippen LogP contribution in [0.5, 0.6) is 0 Å². The Bertz CT molecular complexity index is 378. The summed E-state index contributed by atoms with van der Waals surface area (Å²) < 4.78 is 33.3. The summed E-state index contributed by atoms with van der Waals surface area (Å²) in [4.78, 5) is 10.8. The van der Waals surface area contributed by atoms with Crippen LogP contribution >= 0.6 is 0 Å². The van der Waals surface area contributed by atoms with Crippen LogP contribution in [-0.2, 0) is 19.4 Å². The average molecular weight is 351 g/mol. The van der Waals surface area contributed by atoms with Gasteiger partial charge in [-0.1, -0.05) is 70.6 Å². The second-order valence-electron chi connectivity index (χ2n) is 6.30. The summed E-state index contributed by atoms with van der Waals surface area (Å²) in [5.74, 6) is 0.302. The molecule has 0 aliphatic heterocycles. The summed E-state index contributed by atoms with van der Waals surface area (Å²) in [5.41, 5.74) is 0. The summed E-state index contributed by atoms with van der Waals surface area (Å²) in [6, 6.07) is 0. The molecular weight excluding hydrogens is 316 g/mol. The van der Waals surface area contributed by atoms with Gasteiger partial charge in [0.2, 0.25) is 0 Å². The van der Waals surface area contributed by atoms with E-state index in [4.69, 9.17) is 4.55 Å². The Morgan fingerprint density at radius 3 is 1.43 bits per heavy atom. The Morgan fingerprint density at radius 1 is 0.739 bits per heavy atom. The third-order valence-electron chi connectivity index (χ3n) is 3.91. The first kappa shape index (κ1) is 22.5. The Morgan fingerprint density at radius 2 is 1.09 bits per heavy atom. The molecule has 0 aliphatic carbocycles. The molecule has 0 aromatic carbocycles. The molecule has 0 bridgehead atoms. The van der Waals surface area contributed by atoms with Gasteiger partial charge in [0, 0.05) is 6.42 Å². The Balaban J connectivity index is 3.07.